The van der Waals surface area contributed by atoms with Crippen molar-refractivity contribution in [3.8, 4) is 11.5 Å². The van der Waals surface area contributed by atoms with Gasteiger partial charge in [0, 0.05) is 6.07 Å². The third-order valence-electron chi connectivity index (χ3n) is 2.61. The van der Waals surface area contributed by atoms with Crippen molar-refractivity contribution in [2.45, 2.75) is 13.8 Å². The van der Waals surface area contributed by atoms with Gasteiger partial charge in [0.1, 0.15) is 0 Å². The number of hydrazone groups is 1. The van der Waals surface area contributed by atoms with E-state index in [-0.39, 0.29) is 20.0 Å². The lowest BCUT2D eigenvalue weighted by Crippen LogP contribution is -2.29. The minimum absolute atomic E-state index is 0.126. The molecule has 0 fully saturated rings. The second-order valence-corrected chi connectivity index (χ2v) is 4.08. The van der Waals surface area contributed by atoms with Gasteiger partial charge < -0.3 is 18.9 Å². The molecule has 0 radical (unpaired) electrons. The molecule has 0 spiro atoms. The lowest BCUT2D eigenvalue weighted by Gasteiger charge is -2.07. The molecule has 8 nitrogen and oxygen atoms in total. The molecule has 2 rings (SSSR count). The molecule has 1 aromatic rings. The zero-order chi connectivity index (χ0) is 15.9. The number of esters is 2. The van der Waals surface area contributed by atoms with Crippen molar-refractivity contribution in [2.75, 3.05) is 25.4 Å². The summed E-state index contributed by atoms with van der Waals surface area (Å²) in [6.07, 6.45) is 0. The number of hydrogen-bond donors (Lipinski definition) is 1. The summed E-state index contributed by atoms with van der Waals surface area (Å²) in [5, 5.41) is 3.78. The Labute approximate surface area is 127 Å². The molecule has 0 amide bonds. The fourth-order valence-electron chi connectivity index (χ4n) is 1.66. The van der Waals surface area contributed by atoms with Crippen molar-refractivity contribution >= 4 is 23.3 Å². The van der Waals surface area contributed by atoms with Crippen LogP contribution in [0.1, 0.15) is 13.8 Å². The zero-order valence-electron chi connectivity index (χ0n) is 12.3. The highest BCUT2D eigenvalue weighted by Crippen LogP contribution is 2.34. The molecular weight excluding hydrogens is 292 g/mol. The Bertz CT molecular complexity index is 579. The monoisotopic (exact) mass is 308 g/mol. The molecule has 1 aliphatic rings. The summed E-state index contributed by atoms with van der Waals surface area (Å²) in [7, 11) is 0. The van der Waals surface area contributed by atoms with Crippen molar-refractivity contribution in [1.29, 1.82) is 0 Å². The van der Waals surface area contributed by atoms with Crippen LogP contribution in [0.3, 0.4) is 0 Å². The molecule has 1 aliphatic heterocycles. The predicted molar refractivity (Wildman–Crippen MR) is 76.9 cm³/mol. The van der Waals surface area contributed by atoms with E-state index in [4.69, 9.17) is 18.9 Å². The number of fused-ring (bicyclic) bond motifs is 1. The van der Waals surface area contributed by atoms with Gasteiger partial charge in [0.05, 0.1) is 18.9 Å². The van der Waals surface area contributed by atoms with E-state index in [1.165, 1.54) is 0 Å². The van der Waals surface area contributed by atoms with E-state index in [2.05, 4.69) is 10.5 Å². The number of nitrogens with zero attached hydrogens (tertiary/aromatic N) is 1. The summed E-state index contributed by atoms with van der Waals surface area (Å²) in [6.45, 7) is 3.67. The first kappa shape index (κ1) is 15.6. The second-order valence-electron chi connectivity index (χ2n) is 4.08. The Balaban J connectivity index is 2.14. The Hall–Kier alpha value is -2.77. The highest BCUT2D eigenvalue weighted by atomic mass is 16.7. The van der Waals surface area contributed by atoms with E-state index in [9.17, 15) is 9.59 Å². The molecular formula is C14H16N2O6. The molecule has 1 N–H and O–H groups in total. The van der Waals surface area contributed by atoms with Gasteiger partial charge in [-0.3, -0.25) is 5.43 Å². The maximum absolute atomic E-state index is 11.7. The first-order chi connectivity index (χ1) is 10.7. The first-order valence-corrected chi connectivity index (χ1v) is 6.73. The van der Waals surface area contributed by atoms with E-state index in [1.807, 2.05) is 0 Å². The number of carbonyl (C=O) groups excluding carboxylic acids is 2. The van der Waals surface area contributed by atoms with Crippen LogP contribution in [0.15, 0.2) is 23.3 Å². The van der Waals surface area contributed by atoms with E-state index < -0.39 is 17.7 Å². The van der Waals surface area contributed by atoms with Crippen molar-refractivity contribution < 1.29 is 28.5 Å². The topological polar surface area (TPSA) is 95.5 Å². The summed E-state index contributed by atoms with van der Waals surface area (Å²) >= 11 is 0. The Morgan fingerprint density at radius 3 is 2.41 bits per heavy atom. The molecule has 0 aromatic heterocycles. The van der Waals surface area contributed by atoms with Crippen LogP contribution in [0.4, 0.5) is 5.69 Å². The molecule has 0 bridgehead atoms. The van der Waals surface area contributed by atoms with Gasteiger partial charge in [-0.25, -0.2) is 9.59 Å². The highest BCUT2D eigenvalue weighted by Gasteiger charge is 2.23. The van der Waals surface area contributed by atoms with Gasteiger partial charge in [-0.2, -0.15) is 5.10 Å². The number of carbonyl (C=O) groups is 2. The summed E-state index contributed by atoms with van der Waals surface area (Å²) in [4.78, 5) is 23.5. The first-order valence-electron chi connectivity index (χ1n) is 6.73. The molecule has 1 aromatic carbocycles. The fourth-order valence-corrected chi connectivity index (χ4v) is 1.66. The highest BCUT2D eigenvalue weighted by molar-refractivity contribution is 6.62. The zero-order valence-corrected chi connectivity index (χ0v) is 12.3. The molecule has 0 atom stereocenters. The van der Waals surface area contributed by atoms with Crippen LogP contribution in [-0.2, 0) is 19.1 Å². The number of anilines is 1. The fraction of sp³-hybridized carbons (Fsp3) is 0.357. The van der Waals surface area contributed by atoms with Gasteiger partial charge >= 0.3 is 11.9 Å². The van der Waals surface area contributed by atoms with Crippen LogP contribution < -0.4 is 14.9 Å². The van der Waals surface area contributed by atoms with Crippen LogP contribution in [0.25, 0.3) is 0 Å². The average molecular weight is 308 g/mol. The molecule has 0 aliphatic carbocycles. The molecule has 1 heterocycles. The summed E-state index contributed by atoms with van der Waals surface area (Å²) < 4.78 is 20.0. The van der Waals surface area contributed by atoms with Crippen LogP contribution in [0.5, 0.6) is 11.5 Å². The van der Waals surface area contributed by atoms with Crippen molar-refractivity contribution in [1.82, 2.24) is 0 Å². The average Bonchev–Trinajstić information content (AvgIpc) is 2.95. The molecule has 0 unspecified atom stereocenters. The van der Waals surface area contributed by atoms with Gasteiger partial charge in [-0.15, -0.1) is 0 Å². The predicted octanol–water partition coefficient (Wildman–Crippen LogP) is 1.31. The smallest absolute Gasteiger partial charge is 0.366 e. The minimum atomic E-state index is -0.853. The summed E-state index contributed by atoms with van der Waals surface area (Å²) in [5.74, 6) is -0.539. The standard InChI is InChI=1S/C14H16N2O6/c1-3-19-13(17)12(14(18)20-4-2)16-15-9-5-6-10-11(7-9)22-8-21-10/h5-7,15H,3-4,8H2,1-2H3. The Morgan fingerprint density at radius 1 is 1.14 bits per heavy atom. The lowest BCUT2D eigenvalue weighted by molar-refractivity contribution is -0.140. The van der Waals surface area contributed by atoms with Gasteiger partial charge in [0.15, 0.2) is 11.5 Å². The van der Waals surface area contributed by atoms with E-state index in [0.717, 1.165) is 0 Å². The Kier molecular flexibility index (Phi) is 5.18. The normalized spacial score (nSPS) is 11.5. The van der Waals surface area contributed by atoms with Crippen molar-refractivity contribution in [3.63, 3.8) is 0 Å². The second kappa shape index (κ2) is 7.30. The largest absolute Gasteiger partial charge is 0.461 e. The van der Waals surface area contributed by atoms with Crippen molar-refractivity contribution in [3.05, 3.63) is 18.2 Å². The number of nitrogens with one attached hydrogen (secondary N) is 1. The summed E-state index contributed by atoms with van der Waals surface area (Å²) in [5.41, 5.74) is 2.67. The van der Waals surface area contributed by atoms with Crippen LogP contribution in [0, 0.1) is 0 Å². The Morgan fingerprint density at radius 2 is 1.77 bits per heavy atom. The SMILES string of the molecule is CCOC(=O)C(=NNc1ccc2c(c1)OCO2)C(=O)OCC. The van der Waals surface area contributed by atoms with E-state index >= 15 is 0 Å². The summed E-state index contributed by atoms with van der Waals surface area (Å²) in [6, 6.07) is 5.00. The van der Waals surface area contributed by atoms with Gasteiger partial charge in [-0.1, -0.05) is 0 Å². The lowest BCUT2D eigenvalue weighted by atomic mass is 10.3. The molecule has 22 heavy (non-hydrogen) atoms. The third kappa shape index (κ3) is 3.66. The van der Waals surface area contributed by atoms with E-state index in [0.29, 0.717) is 17.2 Å². The van der Waals surface area contributed by atoms with E-state index in [1.54, 1.807) is 32.0 Å². The maximum Gasteiger partial charge on any atom is 0.366 e. The van der Waals surface area contributed by atoms with Gasteiger partial charge in [0.25, 0.3) is 5.71 Å². The molecule has 0 saturated carbocycles. The maximum atomic E-state index is 11.7. The number of benzene rings is 1. The third-order valence-corrected chi connectivity index (χ3v) is 2.61. The number of ether oxygens (including phenoxy) is 4. The van der Waals surface area contributed by atoms with Crippen LogP contribution in [0.2, 0.25) is 0 Å². The van der Waals surface area contributed by atoms with Crippen molar-refractivity contribution in [2.24, 2.45) is 5.10 Å². The van der Waals surface area contributed by atoms with Crippen LogP contribution in [-0.4, -0.2) is 37.7 Å². The van der Waals surface area contributed by atoms with Gasteiger partial charge in [-0.05, 0) is 26.0 Å². The number of rotatable bonds is 6. The molecule has 118 valence electrons. The van der Waals surface area contributed by atoms with Gasteiger partial charge in [0.2, 0.25) is 6.79 Å². The molecule has 0 saturated heterocycles. The molecule has 8 heteroatoms. The number of hydrogen-bond acceptors (Lipinski definition) is 8. The minimum Gasteiger partial charge on any atom is -0.461 e. The van der Waals surface area contributed by atoms with Crippen LogP contribution >= 0.6 is 0 Å². The quantitative estimate of drug-likeness (QED) is 0.366.